The Labute approximate surface area is 169 Å². The fourth-order valence-corrected chi connectivity index (χ4v) is 3.96. The summed E-state index contributed by atoms with van der Waals surface area (Å²) in [7, 11) is 0. The predicted octanol–water partition coefficient (Wildman–Crippen LogP) is 3.94. The Kier molecular flexibility index (Phi) is 5.28. The highest BCUT2D eigenvalue weighted by atomic mass is 32.1. The van der Waals surface area contributed by atoms with Crippen LogP contribution in [0.2, 0.25) is 0 Å². The third-order valence-corrected chi connectivity index (χ3v) is 5.59. The molecule has 146 valence electrons. The highest BCUT2D eigenvalue weighted by Gasteiger charge is 2.20. The standard InChI is InChI=1S/C21H24FN5S/c1-16-7-9-18(10-8-16)27-17(2)23-26(21(27)28)15-24-11-13-25(14-12-24)20-6-4-3-5-19(20)22/h3-10H,11-15H2,1-2H3. The molecular formula is C21H24FN5S. The van der Waals surface area contributed by atoms with Crippen LogP contribution in [0, 0.1) is 24.4 Å². The summed E-state index contributed by atoms with van der Waals surface area (Å²) in [5, 5.41) is 4.65. The van der Waals surface area contributed by atoms with E-state index in [0.29, 0.717) is 17.1 Å². The Morgan fingerprint density at radius 1 is 0.964 bits per heavy atom. The molecule has 0 N–H and O–H groups in total. The van der Waals surface area contributed by atoms with E-state index < -0.39 is 0 Å². The summed E-state index contributed by atoms with van der Waals surface area (Å²) in [6.07, 6.45) is 0. The molecule has 7 heteroatoms. The van der Waals surface area contributed by atoms with Crippen LogP contribution in [0.15, 0.2) is 48.5 Å². The van der Waals surface area contributed by atoms with Gasteiger partial charge >= 0.3 is 0 Å². The number of piperazine rings is 1. The van der Waals surface area contributed by atoms with E-state index in [4.69, 9.17) is 12.2 Å². The van der Waals surface area contributed by atoms with E-state index in [1.807, 2.05) is 28.3 Å². The minimum absolute atomic E-state index is 0.161. The molecule has 2 heterocycles. The fraction of sp³-hybridized carbons (Fsp3) is 0.333. The topological polar surface area (TPSA) is 29.2 Å². The summed E-state index contributed by atoms with van der Waals surface area (Å²) < 4.78 is 18.6. The van der Waals surface area contributed by atoms with Gasteiger partial charge in [-0.2, -0.15) is 5.10 Å². The Bertz CT molecular complexity index is 1020. The van der Waals surface area contributed by atoms with Crippen molar-refractivity contribution in [2.45, 2.75) is 20.5 Å². The number of anilines is 1. The molecule has 4 rings (SSSR count). The Morgan fingerprint density at radius 2 is 1.64 bits per heavy atom. The number of hydrogen-bond donors (Lipinski definition) is 0. The van der Waals surface area contributed by atoms with E-state index in [9.17, 15) is 4.39 Å². The minimum Gasteiger partial charge on any atom is -0.367 e. The Balaban J connectivity index is 1.46. The smallest absolute Gasteiger partial charge is 0.203 e. The van der Waals surface area contributed by atoms with Gasteiger partial charge in [0.2, 0.25) is 4.77 Å². The van der Waals surface area contributed by atoms with Crippen LogP contribution in [-0.2, 0) is 6.67 Å². The number of aromatic nitrogens is 3. The number of aryl methyl sites for hydroxylation is 2. The van der Waals surface area contributed by atoms with Crippen molar-refractivity contribution < 1.29 is 4.39 Å². The van der Waals surface area contributed by atoms with E-state index in [1.54, 1.807) is 6.07 Å². The molecule has 2 aromatic carbocycles. The van der Waals surface area contributed by atoms with Gasteiger partial charge in [-0.05, 0) is 50.3 Å². The molecule has 1 aliphatic rings. The summed E-state index contributed by atoms with van der Waals surface area (Å²) in [4.78, 5) is 4.40. The molecule has 0 bridgehead atoms. The van der Waals surface area contributed by atoms with Crippen LogP contribution in [0.3, 0.4) is 0 Å². The lowest BCUT2D eigenvalue weighted by Gasteiger charge is -2.35. The lowest BCUT2D eigenvalue weighted by Crippen LogP contribution is -2.47. The molecule has 1 saturated heterocycles. The average Bonchev–Trinajstić information content (AvgIpc) is 2.97. The monoisotopic (exact) mass is 397 g/mol. The van der Waals surface area contributed by atoms with E-state index >= 15 is 0 Å². The number of benzene rings is 2. The van der Waals surface area contributed by atoms with Crippen LogP contribution < -0.4 is 4.90 Å². The molecule has 0 radical (unpaired) electrons. The largest absolute Gasteiger partial charge is 0.367 e. The van der Waals surface area contributed by atoms with Crippen LogP contribution in [-0.4, -0.2) is 45.4 Å². The molecule has 0 atom stereocenters. The molecule has 28 heavy (non-hydrogen) atoms. The normalized spacial score (nSPS) is 15.2. The number of rotatable bonds is 4. The summed E-state index contributed by atoms with van der Waals surface area (Å²) in [5.74, 6) is 0.712. The predicted molar refractivity (Wildman–Crippen MR) is 112 cm³/mol. The van der Waals surface area contributed by atoms with Crippen molar-refractivity contribution in [2.75, 3.05) is 31.1 Å². The van der Waals surface area contributed by atoms with Crippen molar-refractivity contribution in [3.63, 3.8) is 0 Å². The van der Waals surface area contributed by atoms with Gasteiger partial charge in [0.1, 0.15) is 11.6 Å². The van der Waals surface area contributed by atoms with Crippen LogP contribution in [0.25, 0.3) is 5.69 Å². The number of para-hydroxylation sites is 1. The lowest BCUT2D eigenvalue weighted by molar-refractivity contribution is 0.193. The maximum Gasteiger partial charge on any atom is 0.203 e. The van der Waals surface area contributed by atoms with Gasteiger partial charge in [-0.25, -0.2) is 9.07 Å². The zero-order chi connectivity index (χ0) is 19.7. The maximum absolute atomic E-state index is 14.0. The lowest BCUT2D eigenvalue weighted by atomic mass is 10.2. The van der Waals surface area contributed by atoms with E-state index in [0.717, 1.165) is 37.7 Å². The highest BCUT2D eigenvalue weighted by molar-refractivity contribution is 7.71. The quantitative estimate of drug-likeness (QED) is 0.624. The molecule has 1 fully saturated rings. The second kappa shape index (κ2) is 7.85. The fourth-order valence-electron chi connectivity index (χ4n) is 3.63. The SMILES string of the molecule is Cc1ccc(-n2c(C)nn(CN3CCN(c4ccccc4F)CC3)c2=S)cc1. The number of halogens is 1. The van der Waals surface area contributed by atoms with E-state index in [2.05, 4.69) is 46.1 Å². The zero-order valence-corrected chi connectivity index (χ0v) is 17.0. The van der Waals surface area contributed by atoms with Gasteiger partial charge in [0.15, 0.2) is 0 Å². The van der Waals surface area contributed by atoms with Crippen molar-refractivity contribution >= 4 is 17.9 Å². The van der Waals surface area contributed by atoms with Crippen LogP contribution in [0.4, 0.5) is 10.1 Å². The highest BCUT2D eigenvalue weighted by Crippen LogP contribution is 2.20. The zero-order valence-electron chi connectivity index (χ0n) is 16.2. The number of nitrogens with zero attached hydrogens (tertiary/aromatic N) is 5. The summed E-state index contributed by atoms with van der Waals surface area (Å²) >= 11 is 5.69. The van der Waals surface area contributed by atoms with Gasteiger partial charge in [-0.3, -0.25) is 9.47 Å². The van der Waals surface area contributed by atoms with E-state index in [-0.39, 0.29) is 5.82 Å². The Hall–Kier alpha value is -2.51. The second-order valence-electron chi connectivity index (χ2n) is 7.20. The first kappa shape index (κ1) is 18.8. The molecule has 1 aromatic heterocycles. The molecule has 3 aromatic rings. The van der Waals surface area contributed by atoms with Gasteiger partial charge in [0.25, 0.3) is 0 Å². The minimum atomic E-state index is -0.161. The van der Waals surface area contributed by atoms with Gasteiger partial charge < -0.3 is 4.90 Å². The third kappa shape index (κ3) is 3.72. The molecule has 5 nitrogen and oxygen atoms in total. The third-order valence-electron chi connectivity index (χ3n) is 5.19. The Morgan fingerprint density at radius 3 is 2.32 bits per heavy atom. The first-order valence-corrected chi connectivity index (χ1v) is 9.89. The first-order valence-electron chi connectivity index (χ1n) is 9.48. The van der Waals surface area contributed by atoms with E-state index in [1.165, 1.54) is 11.6 Å². The first-order chi connectivity index (χ1) is 13.5. The van der Waals surface area contributed by atoms with Crippen molar-refractivity contribution in [1.82, 2.24) is 19.2 Å². The molecule has 0 aliphatic carbocycles. The van der Waals surface area contributed by atoms with Gasteiger partial charge in [0.05, 0.1) is 12.4 Å². The van der Waals surface area contributed by atoms with Crippen LogP contribution in [0.1, 0.15) is 11.4 Å². The molecule has 1 aliphatic heterocycles. The maximum atomic E-state index is 14.0. The summed E-state index contributed by atoms with van der Waals surface area (Å²) in [6, 6.07) is 15.3. The second-order valence-corrected chi connectivity index (χ2v) is 7.56. The molecular weight excluding hydrogens is 373 g/mol. The molecule has 0 spiro atoms. The van der Waals surface area contributed by atoms with Gasteiger partial charge in [-0.15, -0.1) is 0 Å². The summed E-state index contributed by atoms with van der Waals surface area (Å²) in [5.41, 5.74) is 2.93. The van der Waals surface area contributed by atoms with Crippen molar-refractivity contribution in [3.05, 3.63) is 70.5 Å². The van der Waals surface area contributed by atoms with Crippen molar-refractivity contribution in [1.29, 1.82) is 0 Å². The molecule has 0 amide bonds. The average molecular weight is 398 g/mol. The molecule has 0 saturated carbocycles. The van der Waals surface area contributed by atoms with Crippen molar-refractivity contribution in [3.8, 4) is 5.69 Å². The van der Waals surface area contributed by atoms with Gasteiger partial charge in [-0.1, -0.05) is 29.8 Å². The summed E-state index contributed by atoms with van der Waals surface area (Å²) in [6.45, 7) is 7.93. The van der Waals surface area contributed by atoms with Crippen LogP contribution in [0.5, 0.6) is 0 Å². The van der Waals surface area contributed by atoms with Gasteiger partial charge in [0, 0.05) is 31.9 Å². The molecule has 0 unspecified atom stereocenters. The van der Waals surface area contributed by atoms with Crippen LogP contribution >= 0.6 is 12.2 Å². The number of hydrogen-bond acceptors (Lipinski definition) is 4. The van der Waals surface area contributed by atoms with Crippen molar-refractivity contribution in [2.24, 2.45) is 0 Å².